The molecule has 0 fully saturated rings. The van der Waals surface area contributed by atoms with Crippen molar-refractivity contribution in [1.29, 1.82) is 0 Å². The van der Waals surface area contributed by atoms with E-state index < -0.39 is 25.2 Å². The molecule has 0 aromatic heterocycles. The van der Waals surface area contributed by atoms with Gasteiger partial charge in [0.15, 0.2) is 12.4 Å². The highest BCUT2D eigenvalue weighted by atomic mass is 19.4. The molecule has 1 aliphatic carbocycles. The molecular weight excluding hydrogens is 287 g/mol. The number of hydrogen-bond donors (Lipinski definition) is 1. The molecule has 0 saturated heterocycles. The van der Waals surface area contributed by atoms with Crippen molar-refractivity contribution in [3.63, 3.8) is 0 Å². The summed E-state index contributed by atoms with van der Waals surface area (Å²) in [4.78, 5) is 22.8. The zero-order chi connectivity index (χ0) is 15.5. The van der Waals surface area contributed by atoms with Gasteiger partial charge in [0.25, 0.3) is 5.91 Å². The highest BCUT2D eigenvalue weighted by Gasteiger charge is 2.27. The summed E-state index contributed by atoms with van der Waals surface area (Å²) in [6, 6.07) is 4.82. The molecule has 1 amide bonds. The first-order valence-corrected chi connectivity index (χ1v) is 6.47. The van der Waals surface area contributed by atoms with Gasteiger partial charge in [0, 0.05) is 12.0 Å². The normalized spacial score (nSPS) is 14.5. The minimum absolute atomic E-state index is 0.0747. The monoisotopic (exact) mass is 301 g/mol. The van der Waals surface area contributed by atoms with Crippen LogP contribution in [0.2, 0.25) is 0 Å². The van der Waals surface area contributed by atoms with Crippen LogP contribution in [0, 0.1) is 0 Å². The van der Waals surface area contributed by atoms with E-state index >= 15 is 0 Å². The van der Waals surface area contributed by atoms with E-state index in [1.54, 1.807) is 23.5 Å². The Hall–Kier alpha value is -2.05. The Morgan fingerprint density at radius 3 is 2.76 bits per heavy atom. The number of ether oxygens (including phenoxy) is 1. The van der Waals surface area contributed by atoms with Crippen molar-refractivity contribution < 1.29 is 27.5 Å². The number of carbonyl (C=O) groups excluding carboxylic acids is 2. The fourth-order valence-corrected chi connectivity index (χ4v) is 2.11. The van der Waals surface area contributed by atoms with Crippen LogP contribution in [-0.2, 0) is 11.2 Å². The van der Waals surface area contributed by atoms with Gasteiger partial charge in [-0.3, -0.25) is 9.59 Å². The van der Waals surface area contributed by atoms with Crippen LogP contribution in [0.1, 0.15) is 28.8 Å². The Morgan fingerprint density at radius 1 is 1.29 bits per heavy atom. The van der Waals surface area contributed by atoms with Crippen molar-refractivity contribution >= 4 is 11.7 Å². The molecule has 7 heteroatoms. The molecule has 0 radical (unpaired) electrons. The highest BCUT2D eigenvalue weighted by Crippen LogP contribution is 2.25. The van der Waals surface area contributed by atoms with E-state index in [1.165, 1.54) is 0 Å². The zero-order valence-electron chi connectivity index (χ0n) is 11.1. The number of ketones is 1. The number of benzene rings is 1. The molecule has 1 aliphatic rings. The van der Waals surface area contributed by atoms with Gasteiger partial charge in [-0.25, -0.2) is 0 Å². The van der Waals surface area contributed by atoms with E-state index in [9.17, 15) is 22.8 Å². The molecule has 0 saturated carbocycles. The number of rotatable bonds is 4. The smallest absolute Gasteiger partial charge is 0.405 e. The van der Waals surface area contributed by atoms with Crippen molar-refractivity contribution in [2.24, 2.45) is 0 Å². The van der Waals surface area contributed by atoms with Crippen molar-refractivity contribution in [1.82, 2.24) is 5.32 Å². The van der Waals surface area contributed by atoms with Gasteiger partial charge in [-0.15, -0.1) is 0 Å². The minimum Gasteiger partial charge on any atom is -0.484 e. The van der Waals surface area contributed by atoms with E-state index in [0.29, 0.717) is 17.7 Å². The van der Waals surface area contributed by atoms with Gasteiger partial charge in [0.05, 0.1) is 0 Å². The van der Waals surface area contributed by atoms with Crippen molar-refractivity contribution in [2.75, 3.05) is 13.2 Å². The Balaban J connectivity index is 1.89. The molecule has 0 heterocycles. The van der Waals surface area contributed by atoms with E-state index in [-0.39, 0.29) is 5.78 Å². The Morgan fingerprint density at radius 2 is 2.05 bits per heavy atom. The van der Waals surface area contributed by atoms with Gasteiger partial charge < -0.3 is 10.1 Å². The van der Waals surface area contributed by atoms with Crippen LogP contribution in [-0.4, -0.2) is 31.0 Å². The lowest BCUT2D eigenvalue weighted by atomic mass is 9.91. The van der Waals surface area contributed by atoms with Gasteiger partial charge in [0.1, 0.15) is 12.3 Å². The van der Waals surface area contributed by atoms with Gasteiger partial charge in [-0.1, -0.05) is 0 Å². The summed E-state index contributed by atoms with van der Waals surface area (Å²) in [5.74, 6) is -0.405. The molecule has 2 rings (SSSR count). The highest BCUT2D eigenvalue weighted by molar-refractivity contribution is 5.98. The first kappa shape index (κ1) is 15.3. The maximum atomic E-state index is 11.9. The molecule has 1 N–H and O–H groups in total. The van der Waals surface area contributed by atoms with Gasteiger partial charge in [0.2, 0.25) is 0 Å². The standard InChI is InChI=1S/C14H14F3NO3/c15-14(16,17)8-18-13(20)7-21-10-4-5-11-9(6-10)2-1-3-12(11)19/h4-6H,1-3,7-8H2,(H,18,20). The fourth-order valence-electron chi connectivity index (χ4n) is 2.11. The number of aryl methyl sites for hydroxylation is 1. The minimum atomic E-state index is -4.44. The van der Waals surface area contributed by atoms with E-state index in [1.807, 2.05) is 0 Å². The van der Waals surface area contributed by atoms with Gasteiger partial charge in [-0.05, 0) is 36.6 Å². The lowest BCUT2D eigenvalue weighted by molar-refractivity contribution is -0.139. The number of fused-ring (bicyclic) bond motifs is 1. The second-order valence-corrected chi connectivity index (χ2v) is 4.78. The molecule has 1 aromatic rings. The number of alkyl halides is 3. The molecule has 21 heavy (non-hydrogen) atoms. The first-order valence-electron chi connectivity index (χ1n) is 6.47. The molecule has 0 spiro atoms. The van der Waals surface area contributed by atoms with E-state index in [4.69, 9.17) is 4.74 Å². The largest absolute Gasteiger partial charge is 0.484 e. The summed E-state index contributed by atoms with van der Waals surface area (Å²) in [7, 11) is 0. The van der Waals surface area contributed by atoms with E-state index in [2.05, 4.69) is 0 Å². The number of amides is 1. The van der Waals surface area contributed by atoms with Crippen LogP contribution < -0.4 is 10.1 Å². The third kappa shape index (κ3) is 4.47. The van der Waals surface area contributed by atoms with Gasteiger partial charge in [-0.2, -0.15) is 13.2 Å². The molecule has 1 aromatic carbocycles. The number of Topliss-reactive ketones (excluding diaryl/α,β-unsaturated/α-hetero) is 1. The maximum Gasteiger partial charge on any atom is 0.405 e. The van der Waals surface area contributed by atoms with Crippen molar-refractivity contribution in [2.45, 2.75) is 25.4 Å². The molecule has 0 aliphatic heterocycles. The third-order valence-corrected chi connectivity index (χ3v) is 3.08. The Kier molecular flexibility index (Phi) is 4.50. The number of carbonyl (C=O) groups is 2. The van der Waals surface area contributed by atoms with Crippen LogP contribution in [0.5, 0.6) is 5.75 Å². The maximum absolute atomic E-state index is 11.9. The average Bonchev–Trinajstić information content (AvgIpc) is 2.42. The fraction of sp³-hybridized carbons (Fsp3) is 0.429. The van der Waals surface area contributed by atoms with Crippen molar-refractivity contribution in [3.05, 3.63) is 29.3 Å². The molecule has 4 nitrogen and oxygen atoms in total. The summed E-state index contributed by atoms with van der Waals surface area (Å²) >= 11 is 0. The molecule has 0 unspecified atom stereocenters. The van der Waals surface area contributed by atoms with Crippen LogP contribution >= 0.6 is 0 Å². The van der Waals surface area contributed by atoms with Gasteiger partial charge >= 0.3 is 6.18 Å². The average molecular weight is 301 g/mol. The lowest BCUT2D eigenvalue weighted by Crippen LogP contribution is -2.36. The van der Waals surface area contributed by atoms with E-state index in [0.717, 1.165) is 18.4 Å². The van der Waals surface area contributed by atoms with Crippen LogP contribution in [0.15, 0.2) is 18.2 Å². The number of nitrogens with one attached hydrogen (secondary N) is 1. The quantitative estimate of drug-likeness (QED) is 0.928. The van der Waals surface area contributed by atoms with Crippen LogP contribution in [0.3, 0.4) is 0 Å². The topological polar surface area (TPSA) is 55.4 Å². The van der Waals surface area contributed by atoms with Crippen molar-refractivity contribution in [3.8, 4) is 5.75 Å². The molecular formula is C14H14F3NO3. The summed E-state index contributed by atoms with van der Waals surface area (Å²) in [5, 5.41) is 1.72. The second-order valence-electron chi connectivity index (χ2n) is 4.78. The summed E-state index contributed by atoms with van der Waals surface area (Å²) in [6.45, 7) is -1.88. The predicted molar refractivity (Wildman–Crippen MR) is 68.3 cm³/mol. The first-order chi connectivity index (χ1) is 9.85. The summed E-state index contributed by atoms with van der Waals surface area (Å²) < 4.78 is 40.9. The second kappa shape index (κ2) is 6.15. The van der Waals surface area contributed by atoms with Crippen LogP contribution in [0.4, 0.5) is 13.2 Å². The molecule has 114 valence electrons. The predicted octanol–water partition coefficient (Wildman–Crippen LogP) is 2.26. The Labute approximate surface area is 119 Å². The number of halogens is 3. The number of hydrogen-bond acceptors (Lipinski definition) is 3. The lowest BCUT2D eigenvalue weighted by Gasteiger charge is -2.16. The molecule has 0 atom stereocenters. The Bertz CT molecular complexity index is 555. The summed E-state index contributed by atoms with van der Waals surface area (Å²) in [6.07, 6.45) is -2.41. The summed E-state index contributed by atoms with van der Waals surface area (Å²) in [5.41, 5.74) is 1.49. The van der Waals surface area contributed by atoms with Crippen LogP contribution in [0.25, 0.3) is 0 Å². The third-order valence-electron chi connectivity index (χ3n) is 3.08. The zero-order valence-corrected chi connectivity index (χ0v) is 11.1. The molecule has 0 bridgehead atoms. The SMILES string of the molecule is O=C(COc1ccc2c(c1)CCCC2=O)NCC(F)(F)F.